The number of benzene rings is 2. The fraction of sp³-hybridized carbons (Fsp3) is 0.273. The molecule has 0 unspecified atom stereocenters. The van der Waals surface area contributed by atoms with E-state index in [4.69, 9.17) is 19.1 Å². The van der Waals surface area contributed by atoms with E-state index in [2.05, 4.69) is 15.1 Å². The van der Waals surface area contributed by atoms with Gasteiger partial charge in [0.25, 0.3) is 5.69 Å². The third kappa shape index (κ3) is 5.00. The summed E-state index contributed by atoms with van der Waals surface area (Å²) in [6.45, 7) is 3.86. The van der Waals surface area contributed by atoms with Crippen LogP contribution in [0.15, 0.2) is 58.0 Å². The number of hydrogen-bond acceptors (Lipinski definition) is 10. The lowest BCUT2D eigenvalue weighted by molar-refractivity contribution is -0.384. The molecule has 11 heteroatoms. The van der Waals surface area contributed by atoms with Crippen LogP contribution in [0.4, 0.5) is 5.69 Å². The van der Waals surface area contributed by atoms with E-state index in [9.17, 15) is 10.1 Å². The van der Waals surface area contributed by atoms with Gasteiger partial charge in [-0.1, -0.05) is 30.0 Å². The molecule has 10 nitrogen and oxygen atoms in total. The number of nitro groups is 1. The zero-order chi connectivity index (χ0) is 22.6. The number of ether oxygens (including phenoxy) is 1. The fourth-order valence-electron chi connectivity index (χ4n) is 3.52. The summed E-state index contributed by atoms with van der Waals surface area (Å²) in [6, 6.07) is 14.0. The molecule has 3 heterocycles. The zero-order valence-corrected chi connectivity index (χ0v) is 18.4. The van der Waals surface area contributed by atoms with Gasteiger partial charge in [-0.05, 0) is 18.2 Å². The number of thioether (sulfide) groups is 1. The fourth-order valence-corrected chi connectivity index (χ4v) is 4.39. The minimum atomic E-state index is -0.445. The van der Waals surface area contributed by atoms with E-state index in [0.29, 0.717) is 29.6 Å². The Morgan fingerprint density at radius 3 is 2.61 bits per heavy atom. The minimum absolute atomic E-state index is 0.0116. The first kappa shape index (κ1) is 21.4. The molecule has 2 aromatic carbocycles. The number of aromatic nitrogens is 4. The average molecular weight is 465 g/mol. The number of fused-ring (bicyclic) bond motifs is 1. The maximum absolute atomic E-state index is 10.8. The molecule has 2 aromatic heterocycles. The van der Waals surface area contributed by atoms with Crippen LogP contribution in [-0.4, -0.2) is 56.3 Å². The van der Waals surface area contributed by atoms with Crippen molar-refractivity contribution in [2.75, 3.05) is 26.3 Å². The van der Waals surface area contributed by atoms with Gasteiger partial charge >= 0.3 is 0 Å². The number of nitro benzene ring substituents is 1. The van der Waals surface area contributed by atoms with E-state index >= 15 is 0 Å². The quantitative estimate of drug-likeness (QED) is 0.173. The molecule has 33 heavy (non-hydrogen) atoms. The summed E-state index contributed by atoms with van der Waals surface area (Å²) in [5.41, 5.74) is 1.54. The predicted octanol–water partition coefficient (Wildman–Crippen LogP) is 3.71. The van der Waals surface area contributed by atoms with Gasteiger partial charge in [-0.3, -0.25) is 15.0 Å². The predicted molar refractivity (Wildman–Crippen MR) is 122 cm³/mol. The molecule has 0 bridgehead atoms. The van der Waals surface area contributed by atoms with Crippen molar-refractivity contribution in [2.45, 2.75) is 17.3 Å². The van der Waals surface area contributed by atoms with Crippen LogP contribution in [0.2, 0.25) is 0 Å². The zero-order valence-electron chi connectivity index (χ0n) is 17.6. The van der Waals surface area contributed by atoms with Gasteiger partial charge in [-0.25, -0.2) is 9.97 Å². The van der Waals surface area contributed by atoms with E-state index in [1.807, 2.05) is 24.3 Å². The van der Waals surface area contributed by atoms with Crippen LogP contribution >= 0.6 is 11.8 Å². The highest BCUT2D eigenvalue weighted by atomic mass is 32.2. The molecule has 1 aliphatic heterocycles. The first-order valence-electron chi connectivity index (χ1n) is 10.4. The Hall–Kier alpha value is -3.41. The van der Waals surface area contributed by atoms with Gasteiger partial charge in [0.05, 0.1) is 36.0 Å². The van der Waals surface area contributed by atoms with Gasteiger partial charge in [0.2, 0.25) is 11.8 Å². The van der Waals surface area contributed by atoms with Gasteiger partial charge in [0.1, 0.15) is 10.9 Å². The van der Waals surface area contributed by atoms with E-state index in [1.165, 1.54) is 23.9 Å². The molecule has 0 amide bonds. The lowest BCUT2D eigenvalue weighted by Crippen LogP contribution is -2.36. The van der Waals surface area contributed by atoms with Gasteiger partial charge in [0, 0.05) is 36.2 Å². The van der Waals surface area contributed by atoms with Crippen LogP contribution in [0.5, 0.6) is 0 Å². The molecule has 0 atom stereocenters. The van der Waals surface area contributed by atoms with Gasteiger partial charge in [-0.2, -0.15) is 0 Å². The topological polar surface area (TPSA) is 120 Å². The molecule has 4 aromatic rings. The van der Waals surface area contributed by atoms with Crippen molar-refractivity contribution in [1.82, 2.24) is 25.1 Å². The average Bonchev–Trinajstić information content (AvgIpc) is 3.32. The van der Waals surface area contributed by atoms with E-state index in [-0.39, 0.29) is 5.69 Å². The summed E-state index contributed by atoms with van der Waals surface area (Å²) in [5, 5.41) is 20.9. The molecular weight excluding hydrogens is 444 g/mol. The van der Waals surface area contributed by atoms with Crippen molar-refractivity contribution in [1.29, 1.82) is 0 Å². The Labute approximate surface area is 193 Å². The lowest BCUT2D eigenvalue weighted by Gasteiger charge is -2.25. The monoisotopic (exact) mass is 464 g/mol. The van der Waals surface area contributed by atoms with E-state index < -0.39 is 4.92 Å². The molecule has 168 valence electrons. The SMILES string of the molecule is O=[N+]([O-])c1ccc(-c2nnc(CSc3nc(CN4CCOCC4)nc4ccccc34)o2)cc1. The summed E-state index contributed by atoms with van der Waals surface area (Å²) in [4.78, 5) is 22.2. The number of rotatable bonds is 7. The summed E-state index contributed by atoms with van der Waals surface area (Å²) in [7, 11) is 0. The second-order valence-corrected chi connectivity index (χ2v) is 8.41. The van der Waals surface area contributed by atoms with Crippen molar-refractivity contribution >= 4 is 28.4 Å². The van der Waals surface area contributed by atoms with Gasteiger partial charge in [-0.15, -0.1) is 10.2 Å². The third-order valence-corrected chi connectivity index (χ3v) is 6.18. The first-order chi connectivity index (χ1) is 16.2. The highest BCUT2D eigenvalue weighted by molar-refractivity contribution is 7.98. The summed E-state index contributed by atoms with van der Waals surface area (Å²) in [5.74, 6) is 1.99. The van der Waals surface area contributed by atoms with Crippen molar-refractivity contribution in [3.05, 3.63) is 70.4 Å². The number of nitrogens with zero attached hydrogens (tertiary/aromatic N) is 6. The maximum Gasteiger partial charge on any atom is 0.269 e. The molecule has 1 saturated heterocycles. The Balaban J connectivity index is 1.33. The Kier molecular flexibility index (Phi) is 6.24. The standard InChI is InChI=1S/C22H20N6O4S/c29-28(30)16-7-5-15(6-8-16)21-26-25-20(32-21)14-33-22-17-3-1-2-4-18(17)23-19(24-22)13-27-9-11-31-12-10-27/h1-8H,9-14H2. The van der Waals surface area contributed by atoms with Crippen LogP contribution < -0.4 is 0 Å². The highest BCUT2D eigenvalue weighted by Crippen LogP contribution is 2.29. The lowest BCUT2D eigenvalue weighted by atomic mass is 10.2. The highest BCUT2D eigenvalue weighted by Gasteiger charge is 2.16. The Morgan fingerprint density at radius 1 is 1.03 bits per heavy atom. The summed E-state index contributed by atoms with van der Waals surface area (Å²) < 4.78 is 11.2. The molecule has 5 rings (SSSR count). The molecule has 0 aliphatic carbocycles. The largest absolute Gasteiger partial charge is 0.420 e. The number of morpholine rings is 1. The Bertz CT molecular complexity index is 1270. The van der Waals surface area contributed by atoms with Crippen molar-refractivity contribution < 1.29 is 14.1 Å². The number of hydrogen-bond donors (Lipinski definition) is 0. The molecule has 0 N–H and O–H groups in total. The third-order valence-electron chi connectivity index (χ3n) is 5.21. The molecular formula is C22H20N6O4S. The minimum Gasteiger partial charge on any atom is -0.420 e. The van der Waals surface area contributed by atoms with Crippen molar-refractivity contribution in [3.8, 4) is 11.5 Å². The summed E-state index contributed by atoms with van der Waals surface area (Å²) >= 11 is 1.51. The van der Waals surface area contributed by atoms with E-state index in [0.717, 1.165) is 48.1 Å². The van der Waals surface area contributed by atoms with Crippen LogP contribution in [0.3, 0.4) is 0 Å². The van der Waals surface area contributed by atoms with Crippen LogP contribution in [0.25, 0.3) is 22.4 Å². The van der Waals surface area contributed by atoms with Crippen LogP contribution in [-0.2, 0) is 17.0 Å². The van der Waals surface area contributed by atoms with E-state index in [1.54, 1.807) is 12.1 Å². The number of para-hydroxylation sites is 1. The van der Waals surface area contributed by atoms with Crippen molar-refractivity contribution in [2.24, 2.45) is 0 Å². The van der Waals surface area contributed by atoms with Crippen LogP contribution in [0, 0.1) is 10.1 Å². The second kappa shape index (κ2) is 9.61. The smallest absolute Gasteiger partial charge is 0.269 e. The van der Waals surface area contributed by atoms with Gasteiger partial charge in [0.15, 0.2) is 0 Å². The molecule has 0 saturated carbocycles. The van der Waals surface area contributed by atoms with Crippen LogP contribution in [0.1, 0.15) is 11.7 Å². The number of non-ortho nitro benzene ring substituents is 1. The molecule has 0 spiro atoms. The van der Waals surface area contributed by atoms with Crippen molar-refractivity contribution in [3.63, 3.8) is 0 Å². The second-order valence-electron chi connectivity index (χ2n) is 7.44. The Morgan fingerprint density at radius 2 is 1.82 bits per heavy atom. The maximum atomic E-state index is 10.8. The molecule has 0 radical (unpaired) electrons. The molecule has 1 aliphatic rings. The molecule has 1 fully saturated rings. The van der Waals surface area contributed by atoms with Gasteiger partial charge < -0.3 is 9.15 Å². The summed E-state index contributed by atoms with van der Waals surface area (Å²) in [6.07, 6.45) is 0. The normalized spacial score (nSPS) is 14.5. The first-order valence-corrected chi connectivity index (χ1v) is 11.4.